The third kappa shape index (κ3) is 3.47. The molecule has 5 nitrogen and oxygen atoms in total. The lowest BCUT2D eigenvalue weighted by molar-refractivity contribution is -0.149. The van der Waals surface area contributed by atoms with Crippen molar-refractivity contribution in [3.8, 4) is 0 Å². The molecule has 0 amide bonds. The number of alkyl halides is 3. The number of hydrogen-bond donors (Lipinski definition) is 1. The van der Waals surface area contributed by atoms with Gasteiger partial charge in [-0.3, -0.25) is 0 Å². The zero-order valence-electron chi connectivity index (χ0n) is 10.7. The highest BCUT2D eigenvalue weighted by Gasteiger charge is 2.38. The molecule has 0 fully saturated rings. The van der Waals surface area contributed by atoms with Gasteiger partial charge in [0.05, 0.1) is 25.3 Å². The van der Waals surface area contributed by atoms with Gasteiger partial charge in [0, 0.05) is 0 Å². The fourth-order valence-electron chi connectivity index (χ4n) is 1.49. The maximum absolute atomic E-state index is 12.6. The van der Waals surface area contributed by atoms with Gasteiger partial charge in [0.25, 0.3) is 0 Å². The molecule has 0 heterocycles. The van der Waals surface area contributed by atoms with Crippen LogP contribution in [0, 0.1) is 0 Å². The summed E-state index contributed by atoms with van der Waals surface area (Å²) in [7, 11) is 2.13. The number of carbonyl (C=O) groups excluding carboxylic acids is 2. The van der Waals surface area contributed by atoms with Gasteiger partial charge in [0.1, 0.15) is 6.04 Å². The number of halogens is 3. The number of benzene rings is 1. The van der Waals surface area contributed by atoms with Crippen LogP contribution in [0.1, 0.15) is 32.3 Å². The first-order valence-electron chi connectivity index (χ1n) is 5.34. The summed E-state index contributed by atoms with van der Waals surface area (Å²) < 4.78 is 46.6. The van der Waals surface area contributed by atoms with Crippen molar-refractivity contribution in [2.75, 3.05) is 14.2 Å². The molecule has 0 saturated heterocycles. The van der Waals surface area contributed by atoms with Crippen LogP contribution in [0.15, 0.2) is 18.2 Å². The summed E-state index contributed by atoms with van der Waals surface area (Å²) in [5.41, 5.74) is 4.20. The van der Waals surface area contributed by atoms with Crippen molar-refractivity contribution in [3.63, 3.8) is 0 Å². The second-order valence-electron chi connectivity index (χ2n) is 3.85. The number of rotatable bonds is 3. The van der Waals surface area contributed by atoms with Crippen LogP contribution in [0.2, 0.25) is 0 Å². The summed E-state index contributed by atoms with van der Waals surface area (Å²) in [5.74, 6) is -1.77. The average Bonchev–Trinajstić information content (AvgIpc) is 2.43. The Hall–Kier alpha value is -2.09. The van der Waals surface area contributed by atoms with E-state index in [1.807, 2.05) is 0 Å². The minimum absolute atomic E-state index is 0.217. The van der Waals surface area contributed by atoms with Gasteiger partial charge in [0.2, 0.25) is 0 Å². The van der Waals surface area contributed by atoms with Gasteiger partial charge in [-0.1, -0.05) is 0 Å². The number of methoxy groups -OCH3 is 2. The highest BCUT2D eigenvalue weighted by atomic mass is 19.4. The molecular weight excluding hydrogens is 279 g/mol. The molecule has 1 aromatic carbocycles. The Kier molecular flexibility index (Phi) is 4.72. The minimum Gasteiger partial charge on any atom is -0.465 e. The van der Waals surface area contributed by atoms with E-state index in [0.29, 0.717) is 0 Å². The van der Waals surface area contributed by atoms with Gasteiger partial charge in [-0.25, -0.2) is 9.59 Å². The molecule has 20 heavy (non-hydrogen) atoms. The second-order valence-corrected chi connectivity index (χ2v) is 3.85. The summed E-state index contributed by atoms with van der Waals surface area (Å²) in [6, 6.07) is 0.604. The van der Waals surface area contributed by atoms with Crippen molar-refractivity contribution in [1.82, 2.24) is 0 Å². The lowest BCUT2D eigenvalue weighted by Gasteiger charge is -2.17. The molecule has 0 aromatic heterocycles. The molecule has 1 atom stereocenters. The van der Waals surface area contributed by atoms with Crippen LogP contribution in [0.3, 0.4) is 0 Å². The van der Waals surface area contributed by atoms with E-state index >= 15 is 0 Å². The molecule has 0 radical (unpaired) electrons. The Balaban J connectivity index is 3.37. The van der Waals surface area contributed by atoms with Gasteiger partial charge in [-0.2, -0.15) is 13.2 Å². The summed E-state index contributed by atoms with van der Waals surface area (Å²) in [6.07, 6.45) is -4.71. The van der Waals surface area contributed by atoms with E-state index in [1.165, 1.54) is 0 Å². The van der Waals surface area contributed by atoms with E-state index in [-0.39, 0.29) is 11.1 Å². The van der Waals surface area contributed by atoms with Crippen LogP contribution in [0.5, 0.6) is 0 Å². The molecule has 0 aliphatic rings. The summed E-state index contributed by atoms with van der Waals surface area (Å²) in [5, 5.41) is 0. The quantitative estimate of drug-likeness (QED) is 0.859. The van der Waals surface area contributed by atoms with E-state index in [0.717, 1.165) is 32.4 Å². The number of ether oxygens (including phenoxy) is 2. The third-order valence-electron chi connectivity index (χ3n) is 2.51. The zero-order chi connectivity index (χ0) is 15.5. The van der Waals surface area contributed by atoms with Crippen LogP contribution in [0.25, 0.3) is 0 Å². The standard InChI is InChI=1S/C12H12F3NO4/c1-19-10(17)7-3-6(9(16)12(13,14)15)4-8(5-7)11(18)20-2/h3-5,9H,16H2,1-2H3/t9-/m1/s1. The monoisotopic (exact) mass is 291 g/mol. The van der Waals surface area contributed by atoms with Crippen LogP contribution < -0.4 is 5.73 Å². The van der Waals surface area contributed by atoms with E-state index in [9.17, 15) is 22.8 Å². The Morgan fingerprint density at radius 1 is 1.05 bits per heavy atom. The van der Waals surface area contributed by atoms with E-state index in [4.69, 9.17) is 5.73 Å². The molecule has 0 saturated carbocycles. The van der Waals surface area contributed by atoms with Crippen molar-refractivity contribution in [2.24, 2.45) is 5.73 Å². The van der Waals surface area contributed by atoms with Crippen LogP contribution in [-0.2, 0) is 9.47 Å². The van der Waals surface area contributed by atoms with E-state index < -0.39 is 29.7 Å². The third-order valence-corrected chi connectivity index (χ3v) is 2.51. The first-order valence-corrected chi connectivity index (χ1v) is 5.34. The Labute approximate surface area is 112 Å². The molecule has 8 heteroatoms. The van der Waals surface area contributed by atoms with Gasteiger partial charge >= 0.3 is 18.1 Å². The van der Waals surface area contributed by atoms with E-state index in [1.54, 1.807) is 0 Å². The summed E-state index contributed by atoms with van der Waals surface area (Å²) in [6.45, 7) is 0. The molecule has 0 aliphatic carbocycles. The second kappa shape index (κ2) is 5.91. The Bertz CT molecular complexity index is 494. The van der Waals surface area contributed by atoms with Gasteiger partial charge in [-0.15, -0.1) is 0 Å². The summed E-state index contributed by atoms with van der Waals surface area (Å²) >= 11 is 0. The average molecular weight is 291 g/mol. The predicted molar refractivity (Wildman–Crippen MR) is 62.1 cm³/mol. The fraction of sp³-hybridized carbons (Fsp3) is 0.333. The fourth-order valence-corrected chi connectivity index (χ4v) is 1.49. The molecule has 0 unspecified atom stereocenters. The van der Waals surface area contributed by atoms with Crippen molar-refractivity contribution in [2.45, 2.75) is 12.2 Å². The lowest BCUT2D eigenvalue weighted by atomic mass is 10.0. The van der Waals surface area contributed by atoms with Crippen LogP contribution in [0.4, 0.5) is 13.2 Å². The molecule has 0 bridgehead atoms. The summed E-state index contributed by atoms with van der Waals surface area (Å²) in [4.78, 5) is 22.8. The van der Waals surface area contributed by atoms with Crippen molar-refractivity contribution >= 4 is 11.9 Å². The molecule has 1 rings (SSSR count). The molecule has 110 valence electrons. The number of nitrogens with two attached hydrogens (primary N) is 1. The Morgan fingerprint density at radius 2 is 1.45 bits per heavy atom. The highest BCUT2D eigenvalue weighted by Crippen LogP contribution is 2.31. The van der Waals surface area contributed by atoms with E-state index in [2.05, 4.69) is 9.47 Å². The minimum atomic E-state index is -4.71. The molecule has 0 spiro atoms. The largest absolute Gasteiger partial charge is 0.465 e. The number of hydrogen-bond acceptors (Lipinski definition) is 5. The van der Waals surface area contributed by atoms with Gasteiger partial charge in [-0.05, 0) is 23.8 Å². The number of carbonyl (C=O) groups is 2. The predicted octanol–water partition coefficient (Wildman–Crippen LogP) is 1.82. The van der Waals surface area contributed by atoms with Crippen molar-refractivity contribution in [1.29, 1.82) is 0 Å². The highest BCUT2D eigenvalue weighted by molar-refractivity contribution is 5.95. The molecular formula is C12H12F3NO4. The maximum Gasteiger partial charge on any atom is 0.407 e. The maximum atomic E-state index is 12.6. The van der Waals surface area contributed by atoms with Gasteiger partial charge in [0.15, 0.2) is 0 Å². The van der Waals surface area contributed by atoms with Crippen LogP contribution in [-0.4, -0.2) is 32.3 Å². The topological polar surface area (TPSA) is 78.6 Å². The van der Waals surface area contributed by atoms with Crippen molar-refractivity contribution in [3.05, 3.63) is 34.9 Å². The molecule has 1 aromatic rings. The smallest absolute Gasteiger partial charge is 0.407 e. The first kappa shape index (κ1) is 16.0. The lowest BCUT2D eigenvalue weighted by Crippen LogP contribution is -2.29. The van der Waals surface area contributed by atoms with Gasteiger partial charge < -0.3 is 15.2 Å². The molecule has 2 N–H and O–H groups in total. The normalized spacial score (nSPS) is 12.7. The van der Waals surface area contributed by atoms with Crippen molar-refractivity contribution < 1.29 is 32.2 Å². The van der Waals surface area contributed by atoms with Crippen LogP contribution >= 0.6 is 0 Å². The first-order chi connectivity index (χ1) is 9.20. The SMILES string of the molecule is COC(=O)c1cc(C(=O)OC)cc([C@@H](N)C(F)(F)F)c1. The Morgan fingerprint density at radius 3 is 1.75 bits per heavy atom. The molecule has 0 aliphatic heterocycles. The number of esters is 2. The zero-order valence-corrected chi connectivity index (χ0v) is 10.7.